The van der Waals surface area contributed by atoms with Crippen molar-refractivity contribution < 1.29 is 8.78 Å². The number of imidazole rings is 1. The Balaban J connectivity index is 2.17. The monoisotopic (exact) mass is 298 g/mol. The standard InChI is InChI=1S/C16H12F2N4/c17-12-8-14-15(9-13(12)18)22(7-2-1-5-19)16(21-14)11-4-3-6-20-10-11/h3-4,6,8-10H,1-2,7H2. The van der Waals surface area contributed by atoms with E-state index in [9.17, 15) is 8.78 Å². The van der Waals surface area contributed by atoms with E-state index in [1.807, 2.05) is 6.07 Å². The number of rotatable bonds is 4. The first-order chi connectivity index (χ1) is 10.7. The molecular weight excluding hydrogens is 286 g/mol. The van der Waals surface area contributed by atoms with Gasteiger partial charge in [0.15, 0.2) is 11.6 Å². The third-order valence-corrected chi connectivity index (χ3v) is 3.38. The predicted molar refractivity (Wildman–Crippen MR) is 77.7 cm³/mol. The van der Waals surface area contributed by atoms with Crippen LogP contribution < -0.4 is 0 Å². The van der Waals surface area contributed by atoms with Gasteiger partial charge in [0.2, 0.25) is 0 Å². The van der Waals surface area contributed by atoms with Crippen molar-refractivity contribution in [3.63, 3.8) is 0 Å². The second kappa shape index (κ2) is 5.90. The lowest BCUT2D eigenvalue weighted by Crippen LogP contribution is -2.01. The fourth-order valence-corrected chi connectivity index (χ4v) is 2.38. The van der Waals surface area contributed by atoms with Crippen molar-refractivity contribution in [2.45, 2.75) is 19.4 Å². The SMILES string of the molecule is N#CCCCn1c(-c2cccnc2)nc2cc(F)c(F)cc21. The van der Waals surface area contributed by atoms with E-state index in [2.05, 4.69) is 16.0 Å². The van der Waals surface area contributed by atoms with Gasteiger partial charge in [-0.2, -0.15) is 5.26 Å². The number of unbranched alkanes of at least 4 members (excludes halogenated alkanes) is 1. The van der Waals surface area contributed by atoms with Gasteiger partial charge in [-0.25, -0.2) is 13.8 Å². The average molecular weight is 298 g/mol. The minimum atomic E-state index is -0.924. The first kappa shape index (κ1) is 14.1. The normalized spacial score (nSPS) is 10.8. The van der Waals surface area contributed by atoms with Crippen LogP contribution in [0.25, 0.3) is 22.4 Å². The van der Waals surface area contributed by atoms with Gasteiger partial charge < -0.3 is 4.57 Å². The summed E-state index contributed by atoms with van der Waals surface area (Å²) in [6.45, 7) is 0.499. The molecule has 3 aromatic rings. The van der Waals surface area contributed by atoms with E-state index in [-0.39, 0.29) is 0 Å². The van der Waals surface area contributed by atoms with E-state index in [4.69, 9.17) is 5.26 Å². The molecule has 0 unspecified atom stereocenters. The molecule has 2 aromatic heterocycles. The third-order valence-electron chi connectivity index (χ3n) is 3.38. The van der Waals surface area contributed by atoms with E-state index in [1.165, 1.54) is 0 Å². The molecule has 2 heterocycles. The van der Waals surface area contributed by atoms with Crippen LogP contribution in [0.2, 0.25) is 0 Å². The minimum Gasteiger partial charge on any atom is -0.324 e. The molecule has 0 aliphatic heterocycles. The van der Waals surface area contributed by atoms with E-state index in [0.717, 1.165) is 17.7 Å². The Morgan fingerprint density at radius 3 is 2.77 bits per heavy atom. The molecule has 0 N–H and O–H groups in total. The highest BCUT2D eigenvalue weighted by Crippen LogP contribution is 2.26. The van der Waals surface area contributed by atoms with Gasteiger partial charge in [-0.1, -0.05) is 0 Å². The third kappa shape index (κ3) is 2.53. The van der Waals surface area contributed by atoms with E-state index >= 15 is 0 Å². The van der Waals surface area contributed by atoms with Crippen molar-refractivity contribution >= 4 is 11.0 Å². The molecule has 0 aliphatic carbocycles. The number of nitrogens with zero attached hydrogens (tertiary/aromatic N) is 4. The highest BCUT2D eigenvalue weighted by molar-refractivity contribution is 5.80. The van der Waals surface area contributed by atoms with Crippen molar-refractivity contribution in [1.82, 2.24) is 14.5 Å². The zero-order valence-electron chi connectivity index (χ0n) is 11.6. The molecule has 0 aliphatic rings. The van der Waals surface area contributed by atoms with Crippen molar-refractivity contribution in [3.05, 3.63) is 48.3 Å². The maximum atomic E-state index is 13.5. The Morgan fingerprint density at radius 2 is 2.05 bits per heavy atom. The zero-order valence-corrected chi connectivity index (χ0v) is 11.6. The van der Waals surface area contributed by atoms with Gasteiger partial charge >= 0.3 is 0 Å². The molecule has 6 heteroatoms. The molecular formula is C16H12F2N4. The van der Waals surface area contributed by atoms with Crippen LogP contribution in [-0.2, 0) is 6.54 Å². The molecule has 0 saturated carbocycles. The summed E-state index contributed by atoms with van der Waals surface area (Å²) in [7, 11) is 0. The van der Waals surface area contributed by atoms with Gasteiger partial charge in [-0.15, -0.1) is 0 Å². The predicted octanol–water partition coefficient (Wildman–Crippen LogP) is 3.68. The number of benzene rings is 1. The van der Waals surface area contributed by atoms with Gasteiger partial charge in [-0.05, 0) is 18.6 Å². The van der Waals surface area contributed by atoms with Crippen molar-refractivity contribution in [2.24, 2.45) is 0 Å². The average Bonchev–Trinajstić information content (AvgIpc) is 2.87. The van der Waals surface area contributed by atoms with Gasteiger partial charge in [-0.3, -0.25) is 4.98 Å². The summed E-state index contributed by atoms with van der Waals surface area (Å²) < 4.78 is 28.8. The fourth-order valence-electron chi connectivity index (χ4n) is 2.38. The lowest BCUT2D eigenvalue weighted by molar-refractivity contribution is 0.510. The number of aryl methyl sites for hydroxylation is 1. The molecule has 0 saturated heterocycles. The van der Waals surface area contributed by atoms with Crippen LogP contribution >= 0.6 is 0 Å². The van der Waals surface area contributed by atoms with Gasteiger partial charge in [0.05, 0.1) is 17.1 Å². The summed E-state index contributed by atoms with van der Waals surface area (Å²) in [5.74, 6) is -1.25. The van der Waals surface area contributed by atoms with E-state index < -0.39 is 11.6 Å². The zero-order chi connectivity index (χ0) is 15.5. The minimum absolute atomic E-state index is 0.384. The van der Waals surface area contributed by atoms with Gasteiger partial charge in [0.25, 0.3) is 0 Å². The molecule has 0 atom stereocenters. The van der Waals surface area contributed by atoms with Crippen LogP contribution in [0.5, 0.6) is 0 Å². The lowest BCUT2D eigenvalue weighted by atomic mass is 10.2. The first-order valence-electron chi connectivity index (χ1n) is 6.83. The number of hydrogen-bond acceptors (Lipinski definition) is 3. The number of nitriles is 1. The summed E-state index contributed by atoms with van der Waals surface area (Å²) in [6.07, 6.45) is 4.28. The van der Waals surface area contributed by atoms with Crippen LogP contribution in [-0.4, -0.2) is 14.5 Å². The molecule has 0 bridgehead atoms. The molecule has 0 fully saturated rings. The van der Waals surface area contributed by atoms with E-state index in [1.54, 1.807) is 23.0 Å². The Labute approximate surface area is 125 Å². The Kier molecular flexibility index (Phi) is 3.79. The summed E-state index contributed by atoms with van der Waals surface area (Å²) in [5.41, 5.74) is 1.65. The quantitative estimate of drug-likeness (QED) is 0.690. The molecule has 110 valence electrons. The number of aromatic nitrogens is 3. The van der Waals surface area contributed by atoms with Crippen molar-refractivity contribution in [2.75, 3.05) is 0 Å². The summed E-state index contributed by atoms with van der Waals surface area (Å²) >= 11 is 0. The molecule has 0 radical (unpaired) electrons. The molecule has 4 nitrogen and oxygen atoms in total. The Bertz CT molecular complexity index is 850. The molecule has 22 heavy (non-hydrogen) atoms. The van der Waals surface area contributed by atoms with Crippen LogP contribution in [0.1, 0.15) is 12.8 Å². The summed E-state index contributed by atoms with van der Waals surface area (Å²) in [5, 5.41) is 8.68. The van der Waals surface area contributed by atoms with Gasteiger partial charge in [0.1, 0.15) is 5.82 Å². The van der Waals surface area contributed by atoms with Crippen molar-refractivity contribution in [1.29, 1.82) is 5.26 Å². The second-order valence-corrected chi connectivity index (χ2v) is 4.85. The highest BCUT2D eigenvalue weighted by atomic mass is 19.2. The largest absolute Gasteiger partial charge is 0.324 e. The topological polar surface area (TPSA) is 54.5 Å². The van der Waals surface area contributed by atoms with Crippen LogP contribution in [0.4, 0.5) is 8.78 Å². The maximum absolute atomic E-state index is 13.5. The van der Waals surface area contributed by atoms with Gasteiger partial charge in [0, 0.05) is 43.1 Å². The maximum Gasteiger partial charge on any atom is 0.161 e. The molecule has 3 rings (SSSR count). The fraction of sp³-hybridized carbons (Fsp3) is 0.188. The van der Waals surface area contributed by atoms with E-state index in [0.29, 0.717) is 36.2 Å². The number of hydrogen-bond donors (Lipinski definition) is 0. The number of pyridine rings is 1. The van der Waals surface area contributed by atoms with Crippen LogP contribution in [0, 0.1) is 23.0 Å². The molecule has 0 amide bonds. The summed E-state index contributed by atoms with van der Waals surface area (Å²) in [6, 6.07) is 7.92. The van der Waals surface area contributed by atoms with Crippen LogP contribution in [0.3, 0.4) is 0 Å². The molecule has 1 aromatic carbocycles. The van der Waals surface area contributed by atoms with Crippen molar-refractivity contribution in [3.8, 4) is 17.5 Å². The first-order valence-corrected chi connectivity index (χ1v) is 6.83. The molecule has 0 spiro atoms. The Morgan fingerprint density at radius 1 is 1.23 bits per heavy atom. The smallest absolute Gasteiger partial charge is 0.161 e. The second-order valence-electron chi connectivity index (χ2n) is 4.85. The van der Waals surface area contributed by atoms with Crippen LogP contribution in [0.15, 0.2) is 36.7 Å². The Hall–Kier alpha value is -2.81. The summed E-state index contributed by atoms with van der Waals surface area (Å²) in [4.78, 5) is 8.45. The lowest BCUT2D eigenvalue weighted by Gasteiger charge is -2.08. The highest BCUT2D eigenvalue weighted by Gasteiger charge is 2.15. The number of halogens is 2. The number of fused-ring (bicyclic) bond motifs is 1.